The molecule has 4 heteroatoms. The Morgan fingerprint density at radius 2 is 2.05 bits per heavy atom. The van der Waals surface area contributed by atoms with Crippen LogP contribution in [0.2, 0.25) is 0 Å². The maximum atomic E-state index is 4.63. The summed E-state index contributed by atoms with van der Waals surface area (Å²) in [6.45, 7) is 3.06. The lowest BCUT2D eigenvalue weighted by Crippen LogP contribution is -2.03. The van der Waals surface area contributed by atoms with Crippen molar-refractivity contribution in [1.82, 2.24) is 4.98 Å². The fourth-order valence-corrected chi connectivity index (χ4v) is 4.00. The van der Waals surface area contributed by atoms with E-state index in [4.69, 9.17) is 0 Å². The number of rotatable bonds is 5. The number of hydrogen-bond donors (Lipinski definition) is 1. The fraction of sp³-hybridized carbons (Fsp3) is 0.188. The number of nitrogens with zero attached hydrogens (tertiary/aromatic N) is 1. The summed E-state index contributed by atoms with van der Waals surface area (Å²) in [5.41, 5.74) is 3.58. The highest BCUT2D eigenvalue weighted by molar-refractivity contribution is 8.01. The van der Waals surface area contributed by atoms with Gasteiger partial charge in [0, 0.05) is 18.0 Å². The first-order valence-corrected chi connectivity index (χ1v) is 8.40. The summed E-state index contributed by atoms with van der Waals surface area (Å²) in [5, 5.41) is 3.45. The Morgan fingerprint density at radius 1 is 1.15 bits per heavy atom. The lowest BCUT2D eigenvalue weighted by molar-refractivity contribution is 1.21. The molecule has 0 aliphatic rings. The summed E-state index contributed by atoms with van der Waals surface area (Å²) in [5.74, 6) is 1.02. The molecule has 0 saturated carbocycles. The Balaban J connectivity index is 1.52. The first kappa shape index (κ1) is 13.5. The predicted molar refractivity (Wildman–Crippen MR) is 90.0 cm³/mol. The molecular formula is C16H16N2S2. The third-order valence-corrected chi connectivity index (χ3v) is 5.13. The molecule has 0 fully saturated rings. The third kappa shape index (κ3) is 3.32. The average Bonchev–Trinajstić information content (AvgIpc) is 2.86. The van der Waals surface area contributed by atoms with Gasteiger partial charge in [0.15, 0.2) is 4.34 Å². The van der Waals surface area contributed by atoms with E-state index in [1.54, 1.807) is 11.3 Å². The number of para-hydroxylation sites is 1. The third-order valence-electron chi connectivity index (χ3n) is 2.95. The molecule has 0 spiro atoms. The minimum Gasteiger partial charge on any atom is -0.384 e. The molecule has 0 unspecified atom stereocenters. The Bertz CT molecular complexity index is 673. The minimum atomic E-state index is 0.948. The smallest absolute Gasteiger partial charge is 0.151 e. The molecule has 3 aromatic rings. The second-order valence-corrected chi connectivity index (χ2v) is 6.96. The molecule has 0 aliphatic carbocycles. The van der Waals surface area contributed by atoms with Crippen molar-refractivity contribution in [3.05, 3.63) is 54.1 Å². The van der Waals surface area contributed by atoms with Crippen LogP contribution in [0.1, 0.15) is 5.56 Å². The molecule has 1 N–H and O–H groups in total. The van der Waals surface area contributed by atoms with E-state index in [9.17, 15) is 0 Å². The number of benzene rings is 2. The van der Waals surface area contributed by atoms with Gasteiger partial charge < -0.3 is 5.32 Å². The first-order valence-electron chi connectivity index (χ1n) is 6.60. The van der Waals surface area contributed by atoms with Gasteiger partial charge in [0.05, 0.1) is 10.2 Å². The summed E-state index contributed by atoms with van der Waals surface area (Å²) in [6, 6.07) is 16.8. The zero-order valence-electron chi connectivity index (χ0n) is 11.3. The van der Waals surface area contributed by atoms with Crippen molar-refractivity contribution in [3.63, 3.8) is 0 Å². The van der Waals surface area contributed by atoms with E-state index in [2.05, 4.69) is 59.7 Å². The summed E-state index contributed by atoms with van der Waals surface area (Å²) in [7, 11) is 0. The van der Waals surface area contributed by atoms with Crippen molar-refractivity contribution >= 4 is 39.0 Å². The van der Waals surface area contributed by atoms with Gasteiger partial charge in [-0.05, 0) is 36.8 Å². The topological polar surface area (TPSA) is 24.9 Å². The van der Waals surface area contributed by atoms with Crippen LogP contribution >= 0.6 is 23.1 Å². The van der Waals surface area contributed by atoms with Crippen LogP contribution < -0.4 is 5.32 Å². The Hall–Kier alpha value is -1.52. The number of hydrogen-bond acceptors (Lipinski definition) is 4. The Labute approximate surface area is 127 Å². The van der Waals surface area contributed by atoms with Crippen LogP contribution in [0.15, 0.2) is 52.9 Å². The van der Waals surface area contributed by atoms with Gasteiger partial charge in [-0.15, -0.1) is 11.3 Å². The molecule has 20 heavy (non-hydrogen) atoms. The van der Waals surface area contributed by atoms with Crippen molar-refractivity contribution < 1.29 is 0 Å². The van der Waals surface area contributed by atoms with Crippen molar-refractivity contribution in [2.24, 2.45) is 0 Å². The van der Waals surface area contributed by atoms with Gasteiger partial charge in [0.1, 0.15) is 0 Å². The van der Waals surface area contributed by atoms with E-state index in [1.165, 1.54) is 16.0 Å². The van der Waals surface area contributed by atoms with Gasteiger partial charge in [-0.25, -0.2) is 4.98 Å². The van der Waals surface area contributed by atoms with E-state index in [-0.39, 0.29) is 0 Å². The summed E-state index contributed by atoms with van der Waals surface area (Å²) >= 11 is 3.58. The van der Waals surface area contributed by atoms with E-state index < -0.39 is 0 Å². The van der Waals surface area contributed by atoms with Crippen molar-refractivity contribution in [1.29, 1.82) is 0 Å². The predicted octanol–water partition coefficient (Wildman–Crippen LogP) is 4.81. The number of thiazole rings is 1. The number of aromatic nitrogens is 1. The molecule has 2 nitrogen and oxygen atoms in total. The second-order valence-electron chi connectivity index (χ2n) is 4.59. The maximum Gasteiger partial charge on any atom is 0.151 e. The number of aryl methyl sites for hydroxylation is 1. The summed E-state index contributed by atoms with van der Waals surface area (Å²) < 4.78 is 2.42. The van der Waals surface area contributed by atoms with E-state index in [1.807, 2.05) is 17.8 Å². The number of anilines is 1. The van der Waals surface area contributed by atoms with Crippen molar-refractivity contribution in [2.45, 2.75) is 11.3 Å². The lowest BCUT2D eigenvalue weighted by Gasteiger charge is -2.05. The van der Waals surface area contributed by atoms with Gasteiger partial charge in [0.25, 0.3) is 0 Å². The highest BCUT2D eigenvalue weighted by Crippen LogP contribution is 2.29. The molecule has 0 amide bonds. The molecular weight excluding hydrogens is 284 g/mol. The van der Waals surface area contributed by atoms with Crippen LogP contribution in [-0.4, -0.2) is 17.3 Å². The quantitative estimate of drug-likeness (QED) is 0.541. The molecule has 0 radical (unpaired) electrons. The van der Waals surface area contributed by atoms with E-state index in [0.717, 1.165) is 22.2 Å². The highest BCUT2D eigenvalue weighted by atomic mass is 32.2. The molecule has 0 saturated heterocycles. The van der Waals surface area contributed by atoms with Crippen LogP contribution in [0.25, 0.3) is 10.2 Å². The standard InChI is InChI=1S/C16H16N2S2/c1-12-5-4-6-13(11-12)17-9-10-19-16-18-14-7-2-3-8-15(14)20-16/h2-8,11,17H,9-10H2,1H3. The molecule has 1 aromatic heterocycles. The van der Waals surface area contributed by atoms with Crippen LogP contribution in [0.4, 0.5) is 5.69 Å². The first-order chi connectivity index (χ1) is 9.81. The monoisotopic (exact) mass is 300 g/mol. The second kappa shape index (κ2) is 6.29. The molecule has 1 heterocycles. The number of nitrogens with one attached hydrogen (secondary N) is 1. The zero-order valence-corrected chi connectivity index (χ0v) is 12.9. The molecule has 2 aromatic carbocycles. The van der Waals surface area contributed by atoms with Gasteiger partial charge in [-0.3, -0.25) is 0 Å². The van der Waals surface area contributed by atoms with Crippen molar-refractivity contribution in [3.8, 4) is 0 Å². The fourth-order valence-electron chi connectivity index (χ4n) is 2.00. The SMILES string of the molecule is Cc1cccc(NCCSc2nc3ccccc3s2)c1. The van der Waals surface area contributed by atoms with E-state index >= 15 is 0 Å². The van der Waals surface area contributed by atoms with Gasteiger partial charge in [-0.2, -0.15) is 0 Å². The van der Waals surface area contributed by atoms with Crippen molar-refractivity contribution in [2.75, 3.05) is 17.6 Å². The Morgan fingerprint density at radius 3 is 2.90 bits per heavy atom. The molecule has 0 atom stereocenters. The van der Waals surface area contributed by atoms with Gasteiger partial charge in [-0.1, -0.05) is 36.0 Å². The maximum absolute atomic E-state index is 4.63. The normalized spacial score (nSPS) is 10.8. The largest absolute Gasteiger partial charge is 0.384 e. The molecule has 0 bridgehead atoms. The molecule has 0 aliphatic heterocycles. The minimum absolute atomic E-state index is 0.948. The van der Waals surface area contributed by atoms with Gasteiger partial charge >= 0.3 is 0 Å². The number of thioether (sulfide) groups is 1. The highest BCUT2D eigenvalue weighted by Gasteiger charge is 2.03. The number of fused-ring (bicyclic) bond motifs is 1. The lowest BCUT2D eigenvalue weighted by atomic mass is 10.2. The molecule has 3 rings (SSSR count). The van der Waals surface area contributed by atoms with Crippen LogP contribution in [0, 0.1) is 6.92 Å². The summed E-state index contributed by atoms with van der Waals surface area (Å²) in [4.78, 5) is 4.63. The van der Waals surface area contributed by atoms with Crippen LogP contribution in [-0.2, 0) is 0 Å². The molecule has 102 valence electrons. The van der Waals surface area contributed by atoms with Gasteiger partial charge in [0.2, 0.25) is 0 Å². The Kier molecular flexibility index (Phi) is 4.23. The zero-order chi connectivity index (χ0) is 13.8. The van der Waals surface area contributed by atoms with Crippen LogP contribution in [0.3, 0.4) is 0 Å². The summed E-state index contributed by atoms with van der Waals surface area (Å²) in [6.07, 6.45) is 0. The average molecular weight is 300 g/mol. The van der Waals surface area contributed by atoms with E-state index in [0.29, 0.717) is 0 Å². The van der Waals surface area contributed by atoms with Crippen LogP contribution in [0.5, 0.6) is 0 Å².